The van der Waals surface area contributed by atoms with E-state index in [0.29, 0.717) is 0 Å². The maximum Gasteiger partial charge on any atom is 0.0893 e. The van der Waals surface area contributed by atoms with Crippen molar-refractivity contribution < 1.29 is 5.11 Å². The van der Waals surface area contributed by atoms with E-state index in [4.69, 9.17) is 0 Å². The Morgan fingerprint density at radius 2 is 1.59 bits per heavy atom. The summed E-state index contributed by atoms with van der Waals surface area (Å²) in [5, 5.41) is 12.7. The predicted molar refractivity (Wildman–Crippen MR) is 70.7 cm³/mol. The van der Waals surface area contributed by atoms with Gasteiger partial charge in [-0.25, -0.2) is 0 Å². The van der Waals surface area contributed by atoms with E-state index < -0.39 is 6.10 Å². The van der Waals surface area contributed by atoms with Crippen molar-refractivity contribution in [3.8, 4) is 0 Å². The van der Waals surface area contributed by atoms with E-state index in [1.165, 1.54) is 5.39 Å². The summed E-state index contributed by atoms with van der Waals surface area (Å²) in [7, 11) is 0. The molecule has 0 radical (unpaired) electrons. The smallest absolute Gasteiger partial charge is 0.0893 e. The van der Waals surface area contributed by atoms with Crippen molar-refractivity contribution in [2.45, 2.75) is 6.10 Å². The Kier molecular flexibility index (Phi) is 2.54. The van der Waals surface area contributed by atoms with Crippen LogP contribution in [0.1, 0.15) is 11.7 Å². The molecule has 1 aliphatic carbocycles. The monoisotopic (exact) mass is 222 g/mol. The Morgan fingerprint density at radius 3 is 2.41 bits per heavy atom. The fourth-order valence-corrected chi connectivity index (χ4v) is 2.38. The van der Waals surface area contributed by atoms with Crippen LogP contribution in [0.25, 0.3) is 10.8 Å². The molecule has 0 fully saturated rings. The normalized spacial score (nSPS) is 16.8. The first-order chi connectivity index (χ1) is 8.36. The van der Waals surface area contributed by atoms with E-state index in [1.807, 2.05) is 48.6 Å². The molecule has 2 aromatic rings. The van der Waals surface area contributed by atoms with E-state index in [2.05, 4.69) is 18.2 Å². The second-order valence-electron chi connectivity index (χ2n) is 4.36. The molecule has 0 spiro atoms. The van der Waals surface area contributed by atoms with Crippen molar-refractivity contribution in [3.05, 3.63) is 72.3 Å². The number of hydrogen-bond donors (Lipinski definition) is 1. The maximum absolute atomic E-state index is 10.4. The minimum Gasteiger partial charge on any atom is -0.387 e. The molecule has 1 nitrogen and oxygen atoms in total. The first-order valence-electron chi connectivity index (χ1n) is 5.87. The number of fused-ring (bicyclic) bond motifs is 1. The summed E-state index contributed by atoms with van der Waals surface area (Å²) in [6.45, 7) is 0. The fourth-order valence-electron chi connectivity index (χ4n) is 2.38. The highest BCUT2D eigenvalue weighted by atomic mass is 16.3. The Labute approximate surface area is 101 Å². The summed E-state index contributed by atoms with van der Waals surface area (Å²) >= 11 is 0. The zero-order valence-electron chi connectivity index (χ0n) is 9.45. The highest BCUT2D eigenvalue weighted by molar-refractivity contribution is 5.86. The van der Waals surface area contributed by atoms with E-state index in [0.717, 1.165) is 10.9 Å². The van der Waals surface area contributed by atoms with Gasteiger partial charge in [-0.3, -0.25) is 0 Å². The van der Waals surface area contributed by atoms with E-state index in [9.17, 15) is 5.11 Å². The van der Waals surface area contributed by atoms with Crippen LogP contribution in [0.5, 0.6) is 0 Å². The molecule has 2 aromatic carbocycles. The van der Waals surface area contributed by atoms with Crippen LogP contribution in [-0.2, 0) is 0 Å². The van der Waals surface area contributed by atoms with Crippen LogP contribution in [0.3, 0.4) is 0 Å². The van der Waals surface area contributed by atoms with Gasteiger partial charge in [-0.05, 0) is 16.3 Å². The molecular formula is C16H14O. The number of allylic oxidation sites excluding steroid dienone is 2. The molecule has 0 saturated heterocycles. The average Bonchev–Trinajstić information content (AvgIpc) is 2.91. The van der Waals surface area contributed by atoms with Gasteiger partial charge in [-0.1, -0.05) is 66.8 Å². The molecule has 84 valence electrons. The third-order valence-electron chi connectivity index (χ3n) is 3.28. The fraction of sp³-hybridized carbons (Fsp3) is 0.125. The highest BCUT2D eigenvalue weighted by Crippen LogP contribution is 2.31. The Hall–Kier alpha value is -1.86. The Bertz CT molecular complexity index is 578. The Morgan fingerprint density at radius 1 is 0.882 bits per heavy atom. The zero-order chi connectivity index (χ0) is 11.7. The second-order valence-corrected chi connectivity index (χ2v) is 4.36. The van der Waals surface area contributed by atoms with Gasteiger partial charge in [0, 0.05) is 5.92 Å². The number of rotatable bonds is 2. The van der Waals surface area contributed by atoms with Gasteiger partial charge in [0.15, 0.2) is 0 Å². The average molecular weight is 222 g/mol. The van der Waals surface area contributed by atoms with Crippen molar-refractivity contribution in [2.24, 2.45) is 5.92 Å². The highest BCUT2D eigenvalue weighted by Gasteiger charge is 2.19. The lowest BCUT2D eigenvalue weighted by molar-refractivity contribution is 0.153. The van der Waals surface area contributed by atoms with Crippen molar-refractivity contribution in [1.29, 1.82) is 0 Å². The lowest BCUT2D eigenvalue weighted by Crippen LogP contribution is -2.07. The van der Waals surface area contributed by atoms with Crippen LogP contribution in [0.2, 0.25) is 0 Å². The molecular weight excluding hydrogens is 208 g/mol. The maximum atomic E-state index is 10.4. The summed E-state index contributed by atoms with van der Waals surface area (Å²) in [4.78, 5) is 0. The van der Waals surface area contributed by atoms with Crippen LogP contribution < -0.4 is 0 Å². The minimum atomic E-state index is -0.462. The van der Waals surface area contributed by atoms with Gasteiger partial charge in [0.1, 0.15) is 0 Å². The summed E-state index contributed by atoms with van der Waals surface area (Å²) < 4.78 is 0. The first kappa shape index (κ1) is 10.3. The first-order valence-corrected chi connectivity index (χ1v) is 5.87. The summed E-state index contributed by atoms with van der Waals surface area (Å²) in [5.41, 5.74) is 1.00. The number of hydrogen-bond acceptors (Lipinski definition) is 1. The Balaban J connectivity index is 2.10. The summed E-state index contributed by atoms with van der Waals surface area (Å²) in [5.74, 6) is 0.0980. The van der Waals surface area contributed by atoms with Crippen LogP contribution >= 0.6 is 0 Å². The lowest BCUT2D eigenvalue weighted by Gasteiger charge is -2.17. The molecule has 0 aliphatic heterocycles. The minimum absolute atomic E-state index is 0.0980. The van der Waals surface area contributed by atoms with Gasteiger partial charge in [0.2, 0.25) is 0 Å². The second kappa shape index (κ2) is 4.19. The van der Waals surface area contributed by atoms with E-state index in [-0.39, 0.29) is 5.92 Å². The van der Waals surface area contributed by atoms with Crippen molar-refractivity contribution in [2.75, 3.05) is 0 Å². The SMILES string of the molecule is O[C@@H](c1cccc2ccccc12)C1C=CC=C1. The lowest BCUT2D eigenvalue weighted by atomic mass is 9.93. The van der Waals surface area contributed by atoms with Gasteiger partial charge >= 0.3 is 0 Å². The molecule has 1 aliphatic rings. The number of aliphatic hydroxyl groups is 1. The van der Waals surface area contributed by atoms with Gasteiger partial charge in [-0.15, -0.1) is 0 Å². The van der Waals surface area contributed by atoms with Crippen molar-refractivity contribution in [3.63, 3.8) is 0 Å². The standard InChI is InChI=1S/C16H14O/c17-16(13-7-1-2-8-13)15-11-5-9-12-6-3-4-10-14(12)15/h1-11,13,16-17H/t16-/m1/s1. The van der Waals surface area contributed by atoms with Crippen LogP contribution in [0.15, 0.2) is 66.8 Å². The van der Waals surface area contributed by atoms with Crippen molar-refractivity contribution >= 4 is 10.8 Å². The molecule has 3 rings (SSSR count). The van der Waals surface area contributed by atoms with E-state index >= 15 is 0 Å². The van der Waals surface area contributed by atoms with Gasteiger partial charge in [0.05, 0.1) is 6.10 Å². The summed E-state index contributed by atoms with van der Waals surface area (Å²) in [6.07, 6.45) is 7.58. The number of aliphatic hydroxyl groups excluding tert-OH is 1. The number of benzene rings is 2. The molecule has 0 unspecified atom stereocenters. The summed E-state index contributed by atoms with van der Waals surface area (Å²) in [6, 6.07) is 14.3. The van der Waals surface area contributed by atoms with Crippen LogP contribution in [-0.4, -0.2) is 5.11 Å². The largest absolute Gasteiger partial charge is 0.387 e. The quantitative estimate of drug-likeness (QED) is 0.822. The van der Waals surface area contributed by atoms with Crippen LogP contribution in [0, 0.1) is 5.92 Å². The predicted octanol–water partition coefficient (Wildman–Crippen LogP) is 3.62. The third-order valence-corrected chi connectivity index (χ3v) is 3.28. The van der Waals surface area contributed by atoms with Gasteiger partial charge in [0.25, 0.3) is 0 Å². The molecule has 1 atom stereocenters. The molecule has 0 bridgehead atoms. The molecule has 1 N–H and O–H groups in total. The van der Waals surface area contributed by atoms with E-state index in [1.54, 1.807) is 0 Å². The molecule has 0 aromatic heterocycles. The molecule has 0 heterocycles. The third kappa shape index (κ3) is 1.79. The molecule has 17 heavy (non-hydrogen) atoms. The van der Waals surface area contributed by atoms with Crippen molar-refractivity contribution in [1.82, 2.24) is 0 Å². The molecule has 1 heteroatoms. The molecule has 0 amide bonds. The molecule has 0 saturated carbocycles. The van der Waals surface area contributed by atoms with Gasteiger partial charge in [-0.2, -0.15) is 0 Å². The van der Waals surface area contributed by atoms with Gasteiger partial charge < -0.3 is 5.11 Å². The topological polar surface area (TPSA) is 20.2 Å². The zero-order valence-corrected chi connectivity index (χ0v) is 9.45. The van der Waals surface area contributed by atoms with Crippen LogP contribution in [0.4, 0.5) is 0 Å².